The maximum atomic E-state index is 14.4. The zero-order valence-electron chi connectivity index (χ0n) is 23.7. The van der Waals surface area contributed by atoms with Crippen LogP contribution in [0.25, 0.3) is 0 Å². The quantitative estimate of drug-likeness (QED) is 0.278. The Morgan fingerprint density at radius 3 is 2.40 bits per heavy atom. The first-order valence-electron chi connectivity index (χ1n) is 13.9. The molecule has 7 atom stereocenters. The van der Waals surface area contributed by atoms with Crippen molar-refractivity contribution in [3.63, 3.8) is 0 Å². The normalized spacial score (nSPS) is 29.3. The van der Waals surface area contributed by atoms with E-state index in [9.17, 15) is 19.5 Å². The number of aliphatic hydroxyl groups is 1. The van der Waals surface area contributed by atoms with Crippen LogP contribution in [-0.2, 0) is 14.4 Å². The number of fused-ring (bicyclic) bond motifs is 1. The van der Waals surface area contributed by atoms with Crippen molar-refractivity contribution in [2.75, 3.05) is 31.2 Å². The summed E-state index contributed by atoms with van der Waals surface area (Å²) in [6.45, 7) is 16.1. The highest BCUT2D eigenvalue weighted by Crippen LogP contribution is 2.68. The van der Waals surface area contributed by atoms with Gasteiger partial charge < -0.3 is 24.5 Å². The van der Waals surface area contributed by atoms with Crippen molar-refractivity contribution in [2.45, 2.75) is 67.1 Å². The summed E-state index contributed by atoms with van der Waals surface area (Å²) < 4.78 is 4.78. The Balaban J connectivity index is 1.77. The molecule has 3 amide bonds. The topological polar surface area (TPSA) is 90.4 Å². The van der Waals surface area contributed by atoms with E-state index in [0.717, 1.165) is 0 Å². The van der Waals surface area contributed by atoms with Crippen LogP contribution in [0.15, 0.2) is 49.6 Å². The third-order valence-corrected chi connectivity index (χ3v) is 11.5. The Morgan fingerprint density at radius 2 is 1.85 bits per heavy atom. The van der Waals surface area contributed by atoms with Crippen LogP contribution in [0, 0.1) is 11.8 Å². The third-order valence-electron chi connectivity index (χ3n) is 8.25. The van der Waals surface area contributed by atoms with Crippen LogP contribution in [0.5, 0.6) is 5.75 Å². The zero-order chi connectivity index (χ0) is 29.4. The molecule has 0 radical (unpaired) electrons. The fraction of sp³-hybridized carbons (Fsp3) is 0.567. The van der Waals surface area contributed by atoms with Crippen molar-refractivity contribution in [1.82, 2.24) is 9.80 Å². The van der Waals surface area contributed by atoms with E-state index in [-0.39, 0.29) is 47.0 Å². The van der Waals surface area contributed by atoms with E-state index < -0.39 is 28.7 Å². The van der Waals surface area contributed by atoms with Crippen LogP contribution in [0.2, 0.25) is 0 Å². The molecule has 8 nitrogen and oxygen atoms in total. The number of nitrogens with zero attached hydrogens (tertiary/aromatic N) is 3. The number of likely N-dealkylation sites (tertiary alicyclic amines) is 1. The molecule has 0 aromatic heterocycles. The number of amides is 3. The number of carbonyl (C=O) groups excluding carboxylic acids is 3. The second kappa shape index (κ2) is 12.3. The highest BCUT2D eigenvalue weighted by Gasteiger charge is 2.76. The van der Waals surface area contributed by atoms with E-state index in [0.29, 0.717) is 31.0 Å². The van der Waals surface area contributed by atoms with Gasteiger partial charge in [0, 0.05) is 34.9 Å². The number of anilines is 1. The van der Waals surface area contributed by atoms with E-state index in [1.54, 1.807) is 45.5 Å². The molecule has 3 aliphatic rings. The minimum atomic E-state index is -0.791. The molecule has 1 spiro atoms. The molecule has 10 heteroatoms. The van der Waals surface area contributed by atoms with Crippen LogP contribution in [0.3, 0.4) is 0 Å². The van der Waals surface area contributed by atoms with Crippen molar-refractivity contribution < 1.29 is 24.2 Å². The van der Waals surface area contributed by atoms with E-state index in [4.69, 9.17) is 4.74 Å². The Bertz CT molecular complexity index is 1150. The molecule has 3 fully saturated rings. The van der Waals surface area contributed by atoms with Gasteiger partial charge in [0.25, 0.3) is 0 Å². The number of carbonyl (C=O) groups is 3. The average molecular weight is 635 g/mol. The standard InChI is InChI=1S/C30H40BrN3O5S/c1-7-14-32(18(4)5)29(38)26-30-16-22(31)25(40-30)23(24(30)28(37)34(26)19(6)17-35)27(36)33(15-8-2)20-10-12-21(13-11-20)39-9-3/h7-8,10-13,18-19,22-26,35H,1-2,9,14-17H2,3-6H3/t19-,22?,23+,24+,25+,26?,30?/m1/s1. The molecule has 1 N–H and O–H groups in total. The summed E-state index contributed by atoms with van der Waals surface area (Å²) in [5, 5.41) is 9.97. The fourth-order valence-electron chi connectivity index (χ4n) is 6.56. The fourth-order valence-corrected chi connectivity index (χ4v) is 10.1. The van der Waals surface area contributed by atoms with Crippen molar-refractivity contribution in [2.24, 2.45) is 11.8 Å². The average Bonchev–Trinajstić information content (AvgIpc) is 3.53. The first-order valence-corrected chi connectivity index (χ1v) is 15.7. The number of alkyl halides is 1. The van der Waals surface area contributed by atoms with Gasteiger partial charge in [-0.3, -0.25) is 14.4 Å². The Kier molecular flexibility index (Phi) is 9.42. The number of rotatable bonds is 12. The van der Waals surface area contributed by atoms with Crippen LogP contribution in [0.1, 0.15) is 34.1 Å². The van der Waals surface area contributed by atoms with Gasteiger partial charge >= 0.3 is 0 Å². The number of benzene rings is 1. The Hall–Kier alpha value is -2.30. The van der Waals surface area contributed by atoms with E-state index in [2.05, 4.69) is 29.1 Å². The van der Waals surface area contributed by atoms with Crippen LogP contribution >= 0.6 is 27.7 Å². The van der Waals surface area contributed by atoms with Crippen LogP contribution < -0.4 is 9.64 Å². The smallest absolute Gasteiger partial charge is 0.247 e. The van der Waals surface area contributed by atoms with Gasteiger partial charge in [0.05, 0.1) is 35.8 Å². The largest absolute Gasteiger partial charge is 0.494 e. The first kappa shape index (κ1) is 30.7. The molecule has 3 unspecified atom stereocenters. The molecular weight excluding hydrogens is 594 g/mol. The summed E-state index contributed by atoms with van der Waals surface area (Å²) >= 11 is 5.42. The second-order valence-corrected chi connectivity index (χ2v) is 13.7. The molecular formula is C30H40BrN3O5S. The van der Waals surface area contributed by atoms with Crippen molar-refractivity contribution in [3.8, 4) is 5.75 Å². The lowest BCUT2D eigenvalue weighted by molar-refractivity contribution is -0.146. The van der Waals surface area contributed by atoms with Gasteiger partial charge in [0.2, 0.25) is 17.7 Å². The monoisotopic (exact) mass is 633 g/mol. The Morgan fingerprint density at radius 1 is 1.20 bits per heavy atom. The zero-order valence-corrected chi connectivity index (χ0v) is 26.1. The van der Waals surface area contributed by atoms with Crippen molar-refractivity contribution in [1.29, 1.82) is 0 Å². The van der Waals surface area contributed by atoms with Gasteiger partial charge in [0.15, 0.2) is 0 Å². The number of aliphatic hydroxyl groups excluding tert-OH is 1. The molecule has 0 saturated carbocycles. The van der Waals surface area contributed by atoms with Gasteiger partial charge in [0.1, 0.15) is 11.8 Å². The van der Waals surface area contributed by atoms with Gasteiger partial charge in [-0.25, -0.2) is 0 Å². The highest BCUT2D eigenvalue weighted by atomic mass is 79.9. The summed E-state index contributed by atoms with van der Waals surface area (Å²) in [6.07, 6.45) is 3.94. The number of halogens is 1. The second-order valence-electron chi connectivity index (χ2n) is 11.0. The van der Waals surface area contributed by atoms with E-state index >= 15 is 0 Å². The van der Waals surface area contributed by atoms with Gasteiger partial charge in [-0.1, -0.05) is 28.1 Å². The lowest BCUT2D eigenvalue weighted by Crippen LogP contribution is -2.58. The lowest BCUT2D eigenvalue weighted by atomic mass is 9.70. The van der Waals surface area contributed by atoms with E-state index in [1.165, 1.54) is 0 Å². The molecule has 3 aliphatic heterocycles. The van der Waals surface area contributed by atoms with Gasteiger partial charge in [-0.05, 0) is 58.4 Å². The molecule has 4 rings (SSSR count). The number of ether oxygens (including phenoxy) is 1. The van der Waals surface area contributed by atoms with E-state index in [1.807, 2.05) is 45.0 Å². The predicted octanol–water partition coefficient (Wildman–Crippen LogP) is 3.87. The summed E-state index contributed by atoms with van der Waals surface area (Å²) in [5.74, 6) is -1.17. The lowest BCUT2D eigenvalue weighted by Gasteiger charge is -2.40. The predicted molar refractivity (Wildman–Crippen MR) is 163 cm³/mol. The SMILES string of the molecule is C=CCN(C(=O)[C@H]1[C@H]2C(=O)N([C@H](C)CO)C(C(=O)N(CC=C)C(C)C)C23CC(Br)[C@@H]1S3)c1ccc(OCC)cc1. The number of hydrogen-bond acceptors (Lipinski definition) is 6. The first-order chi connectivity index (χ1) is 19.1. The van der Waals surface area contributed by atoms with Crippen molar-refractivity contribution in [3.05, 3.63) is 49.6 Å². The molecule has 3 heterocycles. The molecule has 1 aromatic rings. The molecule has 1 aromatic carbocycles. The van der Waals surface area contributed by atoms with Crippen LogP contribution in [0.4, 0.5) is 5.69 Å². The molecule has 0 aliphatic carbocycles. The Labute approximate surface area is 249 Å². The summed E-state index contributed by atoms with van der Waals surface area (Å²) in [7, 11) is 0. The molecule has 3 saturated heterocycles. The molecule has 218 valence electrons. The maximum absolute atomic E-state index is 14.4. The minimum absolute atomic E-state index is 0.0481. The summed E-state index contributed by atoms with van der Waals surface area (Å²) in [6, 6.07) is 5.87. The van der Waals surface area contributed by atoms with Crippen LogP contribution in [-0.4, -0.2) is 91.9 Å². The third kappa shape index (κ3) is 5.00. The van der Waals surface area contributed by atoms with Gasteiger partial charge in [-0.15, -0.1) is 24.9 Å². The van der Waals surface area contributed by atoms with Crippen molar-refractivity contribution >= 4 is 51.1 Å². The summed E-state index contributed by atoms with van der Waals surface area (Å²) in [5.41, 5.74) is 0.692. The molecule has 40 heavy (non-hydrogen) atoms. The number of hydrogen-bond donors (Lipinski definition) is 1. The highest BCUT2D eigenvalue weighted by molar-refractivity contribution is 9.09. The minimum Gasteiger partial charge on any atom is -0.494 e. The number of thioether (sulfide) groups is 1. The molecule has 2 bridgehead atoms. The summed E-state index contributed by atoms with van der Waals surface area (Å²) in [4.78, 5) is 47.9. The maximum Gasteiger partial charge on any atom is 0.247 e. The van der Waals surface area contributed by atoms with Gasteiger partial charge in [-0.2, -0.15) is 0 Å².